The predicted molar refractivity (Wildman–Crippen MR) is 96.3 cm³/mol. The van der Waals surface area contributed by atoms with E-state index in [2.05, 4.69) is 10.6 Å². The largest absolute Gasteiger partial charge is 0.497 e. The van der Waals surface area contributed by atoms with Gasteiger partial charge < -0.3 is 20.5 Å². The number of carboxylic acid groups (broad SMARTS) is 1. The average molecular weight is 356 g/mol. The monoisotopic (exact) mass is 356 g/mol. The minimum atomic E-state index is -1.13. The first kappa shape index (κ1) is 19.0. The molecule has 0 aliphatic rings. The molecule has 0 spiro atoms. The smallest absolute Gasteiger partial charge is 0.326 e. The number of anilines is 1. The number of hydrogen-bond donors (Lipinski definition) is 3. The van der Waals surface area contributed by atoms with Crippen LogP contribution in [0.2, 0.25) is 0 Å². The van der Waals surface area contributed by atoms with Gasteiger partial charge in [0.05, 0.1) is 7.11 Å². The summed E-state index contributed by atoms with van der Waals surface area (Å²) < 4.78 is 5.07. The Morgan fingerprint density at radius 2 is 1.81 bits per heavy atom. The summed E-state index contributed by atoms with van der Waals surface area (Å²) in [4.78, 5) is 35.0. The van der Waals surface area contributed by atoms with Crippen LogP contribution < -0.4 is 15.4 Å². The molecule has 0 aliphatic heterocycles. The molecule has 2 amide bonds. The third-order valence-electron chi connectivity index (χ3n) is 3.65. The molecule has 0 heterocycles. The van der Waals surface area contributed by atoms with Gasteiger partial charge in [0.15, 0.2) is 0 Å². The Kier molecular flexibility index (Phi) is 6.32. The van der Waals surface area contributed by atoms with E-state index in [4.69, 9.17) is 4.74 Å². The van der Waals surface area contributed by atoms with Crippen LogP contribution in [-0.4, -0.2) is 36.0 Å². The summed E-state index contributed by atoms with van der Waals surface area (Å²) in [5.74, 6) is -1.25. The van der Waals surface area contributed by atoms with Gasteiger partial charge in [-0.2, -0.15) is 0 Å². The zero-order valence-electron chi connectivity index (χ0n) is 14.5. The van der Waals surface area contributed by atoms with Crippen LogP contribution in [0.1, 0.15) is 22.8 Å². The Morgan fingerprint density at radius 3 is 2.38 bits per heavy atom. The van der Waals surface area contributed by atoms with Crippen LogP contribution in [0, 0.1) is 0 Å². The van der Waals surface area contributed by atoms with Crippen molar-refractivity contribution in [1.29, 1.82) is 0 Å². The van der Waals surface area contributed by atoms with Crippen molar-refractivity contribution in [3.63, 3.8) is 0 Å². The molecule has 0 aliphatic carbocycles. The van der Waals surface area contributed by atoms with Crippen LogP contribution in [0.5, 0.6) is 5.75 Å². The number of hydrogen-bond acceptors (Lipinski definition) is 4. The van der Waals surface area contributed by atoms with E-state index in [9.17, 15) is 19.5 Å². The summed E-state index contributed by atoms with van der Waals surface area (Å²) in [5.41, 5.74) is 1.48. The summed E-state index contributed by atoms with van der Waals surface area (Å²) in [6.07, 6.45) is 0.135. The Balaban J connectivity index is 2.10. The lowest BCUT2D eigenvalue weighted by atomic mass is 10.0. The maximum absolute atomic E-state index is 12.4. The number of benzene rings is 2. The lowest BCUT2D eigenvalue weighted by Gasteiger charge is -2.15. The van der Waals surface area contributed by atoms with E-state index in [1.54, 1.807) is 49.6 Å². The number of carbonyl (C=O) groups excluding carboxylic acids is 2. The predicted octanol–water partition coefficient (Wildman–Crippen LogP) is 2.08. The number of rotatable bonds is 7. The van der Waals surface area contributed by atoms with Gasteiger partial charge >= 0.3 is 5.97 Å². The highest BCUT2D eigenvalue weighted by molar-refractivity contribution is 5.98. The van der Waals surface area contributed by atoms with E-state index in [0.717, 1.165) is 5.56 Å². The van der Waals surface area contributed by atoms with E-state index >= 15 is 0 Å². The fourth-order valence-corrected chi connectivity index (χ4v) is 2.38. The maximum atomic E-state index is 12.4. The molecule has 7 heteroatoms. The number of methoxy groups -OCH3 is 1. The standard InChI is InChI=1S/C19H20N2O5/c1-12(22)20-15-5-3-4-14(11-15)18(23)21-17(19(24)25)10-13-6-8-16(26-2)9-7-13/h3-9,11,17H,10H2,1-2H3,(H,20,22)(H,21,23)(H,24,25)/t17-/m0/s1. The van der Waals surface area contributed by atoms with Gasteiger partial charge in [0.25, 0.3) is 5.91 Å². The molecule has 0 radical (unpaired) electrons. The Morgan fingerprint density at radius 1 is 1.12 bits per heavy atom. The molecule has 0 saturated heterocycles. The van der Waals surface area contributed by atoms with E-state index in [0.29, 0.717) is 11.4 Å². The fourth-order valence-electron chi connectivity index (χ4n) is 2.38. The van der Waals surface area contributed by atoms with Crippen molar-refractivity contribution in [2.45, 2.75) is 19.4 Å². The highest BCUT2D eigenvalue weighted by atomic mass is 16.5. The van der Waals surface area contributed by atoms with Gasteiger partial charge in [0, 0.05) is 24.6 Å². The summed E-state index contributed by atoms with van der Waals surface area (Å²) in [5, 5.41) is 14.5. The molecule has 2 rings (SSSR count). The molecule has 3 N–H and O–H groups in total. The van der Waals surface area contributed by atoms with Crippen LogP contribution in [-0.2, 0) is 16.0 Å². The second-order valence-corrected chi connectivity index (χ2v) is 5.68. The molecule has 2 aromatic carbocycles. The normalized spacial score (nSPS) is 11.3. The second-order valence-electron chi connectivity index (χ2n) is 5.68. The Bertz CT molecular complexity index is 802. The van der Waals surface area contributed by atoms with E-state index in [1.165, 1.54) is 13.0 Å². The zero-order chi connectivity index (χ0) is 19.1. The number of aliphatic carboxylic acids is 1. The molecule has 0 saturated carbocycles. The highest BCUT2D eigenvalue weighted by Crippen LogP contribution is 2.14. The SMILES string of the molecule is COc1ccc(C[C@H](NC(=O)c2cccc(NC(C)=O)c2)C(=O)O)cc1. The lowest BCUT2D eigenvalue weighted by molar-refractivity contribution is -0.139. The van der Waals surface area contributed by atoms with Gasteiger partial charge in [0.1, 0.15) is 11.8 Å². The highest BCUT2D eigenvalue weighted by Gasteiger charge is 2.21. The Labute approximate surface area is 151 Å². The summed E-state index contributed by atoms with van der Waals surface area (Å²) in [6, 6.07) is 12.2. The molecule has 7 nitrogen and oxygen atoms in total. The van der Waals surface area contributed by atoms with E-state index in [1.807, 2.05) is 0 Å². The maximum Gasteiger partial charge on any atom is 0.326 e. The lowest BCUT2D eigenvalue weighted by Crippen LogP contribution is -2.42. The summed E-state index contributed by atoms with van der Waals surface area (Å²) >= 11 is 0. The molecule has 0 fully saturated rings. The number of nitrogens with one attached hydrogen (secondary N) is 2. The van der Waals surface area contributed by atoms with Crippen molar-refractivity contribution in [2.75, 3.05) is 12.4 Å². The van der Waals surface area contributed by atoms with Gasteiger partial charge in [-0.15, -0.1) is 0 Å². The van der Waals surface area contributed by atoms with Crippen molar-refractivity contribution in [3.8, 4) is 5.75 Å². The molecule has 0 bridgehead atoms. The fraction of sp³-hybridized carbons (Fsp3) is 0.211. The molecule has 136 valence electrons. The molecule has 0 unspecified atom stereocenters. The van der Waals surface area contributed by atoms with Crippen molar-refractivity contribution in [1.82, 2.24) is 5.32 Å². The second kappa shape index (κ2) is 8.66. The first-order chi connectivity index (χ1) is 12.4. The summed E-state index contributed by atoms with van der Waals surface area (Å²) in [6.45, 7) is 1.36. The number of amides is 2. The van der Waals surface area contributed by atoms with Gasteiger partial charge in [-0.1, -0.05) is 18.2 Å². The third kappa shape index (κ3) is 5.34. The molecule has 2 aromatic rings. The number of carbonyl (C=O) groups is 3. The van der Waals surface area contributed by atoms with Crippen molar-refractivity contribution in [3.05, 3.63) is 59.7 Å². The number of ether oxygens (including phenoxy) is 1. The molecule has 0 aromatic heterocycles. The molecule has 1 atom stereocenters. The molecular weight excluding hydrogens is 336 g/mol. The van der Waals surface area contributed by atoms with Gasteiger partial charge in [0.2, 0.25) is 5.91 Å². The third-order valence-corrected chi connectivity index (χ3v) is 3.65. The van der Waals surface area contributed by atoms with Crippen molar-refractivity contribution in [2.24, 2.45) is 0 Å². The van der Waals surface area contributed by atoms with E-state index < -0.39 is 17.9 Å². The molecule has 26 heavy (non-hydrogen) atoms. The van der Waals surface area contributed by atoms with Crippen molar-refractivity contribution >= 4 is 23.5 Å². The quantitative estimate of drug-likeness (QED) is 0.704. The van der Waals surface area contributed by atoms with Gasteiger partial charge in [-0.05, 0) is 35.9 Å². The number of carboxylic acids is 1. The first-order valence-electron chi connectivity index (χ1n) is 7.93. The topological polar surface area (TPSA) is 105 Å². The Hall–Kier alpha value is -3.35. The van der Waals surface area contributed by atoms with Gasteiger partial charge in [-0.3, -0.25) is 9.59 Å². The van der Waals surface area contributed by atoms with Crippen LogP contribution in [0.3, 0.4) is 0 Å². The van der Waals surface area contributed by atoms with Crippen molar-refractivity contribution < 1.29 is 24.2 Å². The van der Waals surface area contributed by atoms with Crippen LogP contribution in [0.25, 0.3) is 0 Å². The average Bonchev–Trinajstić information content (AvgIpc) is 2.61. The molecular formula is C19H20N2O5. The van der Waals surface area contributed by atoms with E-state index in [-0.39, 0.29) is 17.9 Å². The first-order valence-corrected chi connectivity index (χ1v) is 7.93. The summed E-state index contributed by atoms with van der Waals surface area (Å²) in [7, 11) is 1.55. The minimum absolute atomic E-state index is 0.135. The van der Waals surface area contributed by atoms with Gasteiger partial charge in [-0.25, -0.2) is 4.79 Å². The van der Waals surface area contributed by atoms with Crippen LogP contribution >= 0.6 is 0 Å². The minimum Gasteiger partial charge on any atom is -0.497 e. The zero-order valence-corrected chi connectivity index (χ0v) is 14.5. The van der Waals surface area contributed by atoms with Crippen LogP contribution in [0.15, 0.2) is 48.5 Å². The van der Waals surface area contributed by atoms with Crippen LogP contribution in [0.4, 0.5) is 5.69 Å².